The number of benzene rings is 1. The lowest BCUT2D eigenvalue weighted by Crippen LogP contribution is -2.09. The molecular formula is C12H11BrFN3O2. The number of carbonyl (C=O) groups is 1. The molecule has 0 amide bonds. The Balaban J connectivity index is 2.44. The first-order chi connectivity index (χ1) is 8.99. The molecule has 0 saturated heterocycles. The molecule has 0 radical (unpaired) electrons. The molecular weight excluding hydrogens is 317 g/mol. The van der Waals surface area contributed by atoms with Crippen LogP contribution in [-0.4, -0.2) is 22.6 Å². The highest BCUT2D eigenvalue weighted by atomic mass is 79.9. The van der Waals surface area contributed by atoms with Crippen molar-refractivity contribution < 1.29 is 14.3 Å². The van der Waals surface area contributed by atoms with Crippen molar-refractivity contribution >= 4 is 44.2 Å². The molecule has 2 rings (SSSR count). The molecule has 5 nitrogen and oxygen atoms in total. The Kier molecular flexibility index (Phi) is 3.84. The maximum atomic E-state index is 13.4. The maximum absolute atomic E-state index is 13.4. The molecule has 1 aromatic carbocycles. The van der Waals surface area contributed by atoms with Gasteiger partial charge in [-0.25, -0.2) is 9.37 Å². The van der Waals surface area contributed by atoms with Crippen molar-refractivity contribution in [3.63, 3.8) is 0 Å². The van der Waals surface area contributed by atoms with Crippen LogP contribution in [0.25, 0.3) is 10.8 Å². The van der Waals surface area contributed by atoms with Crippen LogP contribution < -0.4 is 11.1 Å². The summed E-state index contributed by atoms with van der Waals surface area (Å²) >= 11 is 3.31. The minimum Gasteiger partial charge on any atom is -0.481 e. The summed E-state index contributed by atoms with van der Waals surface area (Å²) in [5, 5.41) is 12.6. The SMILES string of the molecule is Nc1cc(F)cc2c(NCCC(=O)O)ncc(Br)c12. The summed E-state index contributed by atoms with van der Waals surface area (Å²) in [5.41, 5.74) is 6.08. The minimum atomic E-state index is -0.917. The smallest absolute Gasteiger partial charge is 0.305 e. The molecule has 0 bridgehead atoms. The van der Waals surface area contributed by atoms with E-state index >= 15 is 0 Å². The third kappa shape index (κ3) is 2.93. The predicted molar refractivity (Wildman–Crippen MR) is 74.6 cm³/mol. The second-order valence-corrected chi connectivity index (χ2v) is 4.80. The van der Waals surface area contributed by atoms with E-state index in [0.29, 0.717) is 26.8 Å². The van der Waals surface area contributed by atoms with Crippen molar-refractivity contribution in [1.29, 1.82) is 0 Å². The Labute approximate surface area is 116 Å². The quantitative estimate of drug-likeness (QED) is 0.751. The number of anilines is 2. The van der Waals surface area contributed by atoms with Crippen LogP contribution in [0.5, 0.6) is 0 Å². The van der Waals surface area contributed by atoms with E-state index in [1.165, 1.54) is 12.1 Å². The standard InChI is InChI=1S/C12H11BrFN3O2/c13-8-5-17-12(16-2-1-10(18)19)7-3-6(14)4-9(15)11(7)8/h3-5H,1-2,15H2,(H,16,17)(H,18,19). The molecule has 4 N–H and O–H groups in total. The van der Waals surface area contributed by atoms with Gasteiger partial charge in [0, 0.05) is 33.7 Å². The molecule has 0 aliphatic carbocycles. The molecule has 0 fully saturated rings. The molecule has 0 aliphatic heterocycles. The van der Waals surface area contributed by atoms with Gasteiger partial charge in [-0.2, -0.15) is 0 Å². The summed E-state index contributed by atoms with van der Waals surface area (Å²) in [6.45, 7) is 0.204. The van der Waals surface area contributed by atoms with Crippen LogP contribution in [0.1, 0.15) is 6.42 Å². The zero-order valence-corrected chi connectivity index (χ0v) is 11.4. The number of aliphatic carboxylic acids is 1. The fourth-order valence-electron chi connectivity index (χ4n) is 1.77. The van der Waals surface area contributed by atoms with E-state index in [1.54, 1.807) is 6.20 Å². The van der Waals surface area contributed by atoms with Crippen LogP contribution in [0.3, 0.4) is 0 Å². The third-order valence-electron chi connectivity index (χ3n) is 2.57. The lowest BCUT2D eigenvalue weighted by atomic mass is 10.1. The van der Waals surface area contributed by atoms with Crippen LogP contribution in [0.15, 0.2) is 22.8 Å². The highest BCUT2D eigenvalue weighted by Gasteiger charge is 2.11. The predicted octanol–water partition coefficient (Wildman–Crippen LogP) is 2.61. The number of halogens is 2. The fourth-order valence-corrected chi connectivity index (χ4v) is 2.31. The average Bonchev–Trinajstić information content (AvgIpc) is 2.30. The molecule has 0 aliphatic rings. The van der Waals surface area contributed by atoms with Crippen molar-refractivity contribution in [3.05, 3.63) is 28.6 Å². The number of nitrogen functional groups attached to an aromatic ring is 1. The summed E-state index contributed by atoms with van der Waals surface area (Å²) in [4.78, 5) is 14.6. The number of rotatable bonds is 4. The van der Waals surface area contributed by atoms with E-state index in [-0.39, 0.29) is 13.0 Å². The maximum Gasteiger partial charge on any atom is 0.305 e. The summed E-state index contributed by atoms with van der Waals surface area (Å²) < 4.78 is 14.1. The molecule has 0 atom stereocenters. The van der Waals surface area contributed by atoms with Gasteiger partial charge in [0.05, 0.1) is 6.42 Å². The number of nitrogens with one attached hydrogen (secondary N) is 1. The van der Waals surface area contributed by atoms with Gasteiger partial charge < -0.3 is 16.2 Å². The van der Waals surface area contributed by atoms with Crippen molar-refractivity contribution in [3.8, 4) is 0 Å². The molecule has 7 heteroatoms. The van der Waals surface area contributed by atoms with Crippen molar-refractivity contribution in [2.24, 2.45) is 0 Å². The Morgan fingerprint density at radius 3 is 2.95 bits per heavy atom. The summed E-state index contributed by atoms with van der Waals surface area (Å²) in [6, 6.07) is 2.54. The third-order valence-corrected chi connectivity index (χ3v) is 3.17. The summed E-state index contributed by atoms with van der Waals surface area (Å²) in [6.07, 6.45) is 1.49. The Morgan fingerprint density at radius 1 is 1.53 bits per heavy atom. The van der Waals surface area contributed by atoms with Gasteiger partial charge in [-0.15, -0.1) is 0 Å². The number of carboxylic acid groups (broad SMARTS) is 1. The first-order valence-electron chi connectivity index (χ1n) is 5.48. The first kappa shape index (κ1) is 13.5. The van der Waals surface area contributed by atoms with Crippen LogP contribution in [0.4, 0.5) is 15.9 Å². The second-order valence-electron chi connectivity index (χ2n) is 3.94. The number of nitrogens with two attached hydrogens (primary N) is 1. The minimum absolute atomic E-state index is 0.0516. The van der Waals surface area contributed by atoms with E-state index in [0.717, 1.165) is 0 Å². The van der Waals surface area contributed by atoms with E-state index < -0.39 is 11.8 Å². The number of aromatic nitrogens is 1. The lowest BCUT2D eigenvalue weighted by Gasteiger charge is -2.11. The summed E-state index contributed by atoms with van der Waals surface area (Å²) in [5.74, 6) is -0.976. The van der Waals surface area contributed by atoms with Gasteiger partial charge in [-0.3, -0.25) is 4.79 Å². The van der Waals surface area contributed by atoms with Gasteiger partial charge in [-0.05, 0) is 28.1 Å². The number of carboxylic acids is 1. The van der Waals surface area contributed by atoms with E-state index in [4.69, 9.17) is 10.8 Å². The molecule has 19 heavy (non-hydrogen) atoms. The summed E-state index contributed by atoms with van der Waals surface area (Å²) in [7, 11) is 0. The zero-order valence-electron chi connectivity index (χ0n) is 9.78. The molecule has 1 aromatic heterocycles. The number of nitrogens with zero attached hydrogens (tertiary/aromatic N) is 1. The molecule has 0 saturated carbocycles. The molecule has 0 spiro atoms. The molecule has 0 unspecified atom stereocenters. The van der Waals surface area contributed by atoms with Gasteiger partial charge in [0.25, 0.3) is 0 Å². The second kappa shape index (κ2) is 5.40. The lowest BCUT2D eigenvalue weighted by molar-refractivity contribution is -0.136. The number of hydrogen-bond acceptors (Lipinski definition) is 4. The van der Waals surface area contributed by atoms with Gasteiger partial charge in [0.1, 0.15) is 11.6 Å². The number of fused-ring (bicyclic) bond motifs is 1. The molecule has 2 aromatic rings. The number of hydrogen-bond donors (Lipinski definition) is 3. The monoisotopic (exact) mass is 327 g/mol. The Hall–Kier alpha value is -1.89. The highest BCUT2D eigenvalue weighted by molar-refractivity contribution is 9.10. The van der Waals surface area contributed by atoms with Crippen LogP contribution in [-0.2, 0) is 4.79 Å². The zero-order chi connectivity index (χ0) is 14.0. The average molecular weight is 328 g/mol. The van der Waals surface area contributed by atoms with E-state index in [9.17, 15) is 9.18 Å². The fraction of sp³-hybridized carbons (Fsp3) is 0.167. The van der Waals surface area contributed by atoms with Crippen LogP contribution in [0.2, 0.25) is 0 Å². The van der Waals surface area contributed by atoms with Crippen molar-refractivity contribution in [2.75, 3.05) is 17.6 Å². The Morgan fingerprint density at radius 2 is 2.26 bits per heavy atom. The van der Waals surface area contributed by atoms with Crippen LogP contribution >= 0.6 is 15.9 Å². The molecule has 100 valence electrons. The van der Waals surface area contributed by atoms with Gasteiger partial charge in [0.2, 0.25) is 0 Å². The van der Waals surface area contributed by atoms with Crippen LogP contribution in [0, 0.1) is 5.82 Å². The van der Waals surface area contributed by atoms with E-state index in [2.05, 4.69) is 26.2 Å². The topological polar surface area (TPSA) is 88.2 Å². The largest absolute Gasteiger partial charge is 0.481 e. The highest BCUT2D eigenvalue weighted by Crippen LogP contribution is 2.33. The van der Waals surface area contributed by atoms with Crippen molar-refractivity contribution in [1.82, 2.24) is 4.98 Å². The van der Waals surface area contributed by atoms with Gasteiger partial charge >= 0.3 is 5.97 Å². The molecule has 1 heterocycles. The first-order valence-corrected chi connectivity index (χ1v) is 6.27. The van der Waals surface area contributed by atoms with Gasteiger partial charge in [0.15, 0.2) is 0 Å². The number of pyridine rings is 1. The normalized spacial score (nSPS) is 10.6. The van der Waals surface area contributed by atoms with Gasteiger partial charge in [-0.1, -0.05) is 0 Å². The van der Waals surface area contributed by atoms with E-state index in [1.807, 2.05) is 0 Å². The Bertz CT molecular complexity index is 648. The van der Waals surface area contributed by atoms with Crippen molar-refractivity contribution in [2.45, 2.75) is 6.42 Å².